The van der Waals surface area contributed by atoms with E-state index < -0.39 is 0 Å². The second-order valence-corrected chi connectivity index (χ2v) is 2.62. The molecule has 0 aromatic carbocycles. The number of nitrogens with zero attached hydrogens (tertiary/aromatic N) is 2. The normalized spacial score (nSPS) is 18.3. The van der Waals surface area contributed by atoms with Gasteiger partial charge in [-0.15, -0.1) is 0 Å². The minimum Gasteiger partial charge on any atom is -0.337 e. The van der Waals surface area contributed by atoms with Gasteiger partial charge in [0.2, 0.25) is 0 Å². The standard InChI is InChI=1S/C7H10N2/c1-8-5-7-3-2-4-9(7)6-8/h2-4H,5-6H2,1H3. The third-order valence-electron chi connectivity index (χ3n) is 1.75. The molecule has 1 aromatic heterocycles. The Morgan fingerprint density at radius 1 is 1.56 bits per heavy atom. The molecule has 2 heteroatoms. The van der Waals surface area contributed by atoms with Gasteiger partial charge in [-0.1, -0.05) is 0 Å². The van der Waals surface area contributed by atoms with Gasteiger partial charge in [-0.3, -0.25) is 4.90 Å². The van der Waals surface area contributed by atoms with Crippen molar-refractivity contribution in [3.63, 3.8) is 0 Å². The lowest BCUT2D eigenvalue weighted by atomic mass is 10.4. The molecule has 2 rings (SSSR count). The first-order valence-corrected chi connectivity index (χ1v) is 3.19. The third-order valence-corrected chi connectivity index (χ3v) is 1.75. The fraction of sp³-hybridized carbons (Fsp3) is 0.429. The van der Waals surface area contributed by atoms with Crippen molar-refractivity contribution < 1.29 is 0 Å². The second-order valence-electron chi connectivity index (χ2n) is 2.62. The lowest BCUT2D eigenvalue weighted by molar-refractivity contribution is 0.318. The highest BCUT2D eigenvalue weighted by atomic mass is 15.3. The molecule has 0 aliphatic carbocycles. The fourth-order valence-electron chi connectivity index (χ4n) is 1.32. The Hall–Kier alpha value is -0.760. The van der Waals surface area contributed by atoms with Gasteiger partial charge in [0.25, 0.3) is 0 Å². The van der Waals surface area contributed by atoms with E-state index in [1.54, 1.807) is 0 Å². The zero-order chi connectivity index (χ0) is 6.27. The van der Waals surface area contributed by atoms with E-state index in [2.05, 4.69) is 34.8 Å². The summed E-state index contributed by atoms with van der Waals surface area (Å²) in [6.45, 7) is 2.16. The Morgan fingerprint density at radius 3 is 3.22 bits per heavy atom. The van der Waals surface area contributed by atoms with E-state index in [4.69, 9.17) is 0 Å². The van der Waals surface area contributed by atoms with Crippen LogP contribution >= 0.6 is 0 Å². The number of aromatic nitrogens is 1. The Labute approximate surface area is 54.7 Å². The molecule has 0 amide bonds. The minimum atomic E-state index is 1.06. The molecule has 2 heterocycles. The summed E-state index contributed by atoms with van der Waals surface area (Å²) >= 11 is 0. The van der Waals surface area contributed by atoms with Crippen LogP contribution in [0.3, 0.4) is 0 Å². The van der Waals surface area contributed by atoms with Crippen LogP contribution in [-0.2, 0) is 13.2 Å². The molecule has 0 N–H and O–H groups in total. The number of hydrogen-bond acceptors (Lipinski definition) is 1. The highest BCUT2D eigenvalue weighted by Gasteiger charge is 2.11. The quantitative estimate of drug-likeness (QED) is 0.496. The van der Waals surface area contributed by atoms with Crippen molar-refractivity contribution in [2.45, 2.75) is 13.2 Å². The van der Waals surface area contributed by atoms with Crippen LogP contribution in [0.5, 0.6) is 0 Å². The van der Waals surface area contributed by atoms with E-state index in [0.29, 0.717) is 0 Å². The van der Waals surface area contributed by atoms with E-state index in [1.807, 2.05) is 0 Å². The SMILES string of the molecule is CN1Cc2cccn2C1. The summed E-state index contributed by atoms with van der Waals surface area (Å²) in [5.41, 5.74) is 1.43. The van der Waals surface area contributed by atoms with Gasteiger partial charge in [0.1, 0.15) is 0 Å². The van der Waals surface area contributed by atoms with Crippen LogP contribution in [0, 0.1) is 0 Å². The third kappa shape index (κ3) is 0.669. The van der Waals surface area contributed by atoms with Gasteiger partial charge in [-0.2, -0.15) is 0 Å². The molecule has 0 atom stereocenters. The number of hydrogen-bond donors (Lipinski definition) is 0. The van der Waals surface area contributed by atoms with Crippen LogP contribution in [0.1, 0.15) is 5.69 Å². The van der Waals surface area contributed by atoms with E-state index in [-0.39, 0.29) is 0 Å². The molecule has 0 saturated carbocycles. The summed E-state index contributed by atoms with van der Waals surface area (Å²) in [5.74, 6) is 0. The first-order chi connectivity index (χ1) is 4.36. The van der Waals surface area contributed by atoms with Gasteiger partial charge in [0.15, 0.2) is 0 Å². The molecule has 0 saturated heterocycles. The molecule has 1 aliphatic rings. The topological polar surface area (TPSA) is 8.17 Å². The molecular weight excluding hydrogens is 112 g/mol. The van der Waals surface area contributed by atoms with Crippen LogP contribution in [0.4, 0.5) is 0 Å². The van der Waals surface area contributed by atoms with Gasteiger partial charge in [0, 0.05) is 18.4 Å². The Kier molecular flexibility index (Phi) is 0.904. The highest BCUT2D eigenvalue weighted by Crippen LogP contribution is 2.12. The molecule has 1 aromatic rings. The number of rotatable bonds is 0. The van der Waals surface area contributed by atoms with Crippen LogP contribution < -0.4 is 0 Å². The lowest BCUT2D eigenvalue weighted by Crippen LogP contribution is -2.09. The molecule has 0 spiro atoms. The Bertz CT molecular complexity index is 194. The van der Waals surface area contributed by atoms with Crippen LogP contribution in [-0.4, -0.2) is 16.5 Å². The molecule has 48 valence electrons. The summed E-state index contributed by atoms with van der Waals surface area (Å²) < 4.78 is 2.26. The van der Waals surface area contributed by atoms with Gasteiger partial charge < -0.3 is 4.57 Å². The molecular formula is C7H10N2. The molecule has 2 nitrogen and oxygen atoms in total. The molecule has 0 bridgehead atoms. The first-order valence-electron chi connectivity index (χ1n) is 3.19. The summed E-state index contributed by atoms with van der Waals surface area (Å²) in [5, 5.41) is 0. The average Bonchev–Trinajstić information content (AvgIpc) is 2.22. The van der Waals surface area contributed by atoms with E-state index in [1.165, 1.54) is 5.69 Å². The van der Waals surface area contributed by atoms with Crippen molar-refractivity contribution in [1.29, 1.82) is 0 Å². The highest BCUT2D eigenvalue weighted by molar-refractivity contribution is 5.09. The number of fused-ring (bicyclic) bond motifs is 1. The van der Waals surface area contributed by atoms with E-state index in [0.717, 1.165) is 13.2 Å². The van der Waals surface area contributed by atoms with Crippen molar-refractivity contribution in [1.82, 2.24) is 9.47 Å². The predicted octanol–water partition coefficient (Wildman–Crippen LogP) is 0.891. The molecule has 0 fully saturated rings. The van der Waals surface area contributed by atoms with Gasteiger partial charge in [-0.05, 0) is 19.2 Å². The van der Waals surface area contributed by atoms with E-state index >= 15 is 0 Å². The van der Waals surface area contributed by atoms with Crippen LogP contribution in [0.15, 0.2) is 18.3 Å². The first kappa shape index (κ1) is 5.06. The predicted molar refractivity (Wildman–Crippen MR) is 35.9 cm³/mol. The van der Waals surface area contributed by atoms with Crippen molar-refractivity contribution in [2.75, 3.05) is 7.05 Å². The summed E-state index contributed by atoms with van der Waals surface area (Å²) in [6, 6.07) is 4.27. The average molecular weight is 122 g/mol. The minimum absolute atomic E-state index is 1.06. The van der Waals surface area contributed by atoms with Gasteiger partial charge >= 0.3 is 0 Å². The van der Waals surface area contributed by atoms with Crippen LogP contribution in [0.2, 0.25) is 0 Å². The Balaban J connectivity index is 2.39. The largest absolute Gasteiger partial charge is 0.337 e. The zero-order valence-electron chi connectivity index (χ0n) is 5.54. The molecule has 9 heavy (non-hydrogen) atoms. The summed E-state index contributed by atoms with van der Waals surface area (Å²) in [6.07, 6.45) is 2.12. The van der Waals surface area contributed by atoms with E-state index in [9.17, 15) is 0 Å². The summed E-state index contributed by atoms with van der Waals surface area (Å²) in [4.78, 5) is 2.29. The Morgan fingerprint density at radius 2 is 2.44 bits per heavy atom. The van der Waals surface area contributed by atoms with Gasteiger partial charge in [0.05, 0.1) is 6.67 Å². The second kappa shape index (κ2) is 1.61. The maximum absolute atomic E-state index is 2.29. The fourth-order valence-corrected chi connectivity index (χ4v) is 1.32. The van der Waals surface area contributed by atoms with Gasteiger partial charge in [-0.25, -0.2) is 0 Å². The lowest BCUT2D eigenvalue weighted by Gasteiger charge is -2.03. The van der Waals surface area contributed by atoms with Crippen LogP contribution in [0.25, 0.3) is 0 Å². The van der Waals surface area contributed by atoms with Crippen molar-refractivity contribution in [3.8, 4) is 0 Å². The van der Waals surface area contributed by atoms with Crippen molar-refractivity contribution >= 4 is 0 Å². The van der Waals surface area contributed by atoms with Crippen molar-refractivity contribution in [3.05, 3.63) is 24.0 Å². The molecule has 0 unspecified atom stereocenters. The maximum atomic E-state index is 2.29. The smallest absolute Gasteiger partial charge is 0.0749 e. The van der Waals surface area contributed by atoms with Crippen molar-refractivity contribution in [2.24, 2.45) is 0 Å². The monoisotopic (exact) mass is 122 g/mol. The zero-order valence-corrected chi connectivity index (χ0v) is 5.54. The summed E-state index contributed by atoms with van der Waals surface area (Å²) in [7, 11) is 2.13. The maximum Gasteiger partial charge on any atom is 0.0749 e. The molecule has 0 radical (unpaired) electrons. The molecule has 1 aliphatic heterocycles.